The molecule has 38 heavy (non-hydrogen) atoms. The Morgan fingerprint density at radius 2 is 1.66 bits per heavy atom. The first-order valence-electron chi connectivity index (χ1n) is 12.2. The van der Waals surface area contributed by atoms with E-state index >= 15 is 0 Å². The third-order valence-corrected chi connectivity index (χ3v) is 6.78. The number of hydrogen-bond donors (Lipinski definition) is 2. The number of benzene rings is 2. The fourth-order valence-electron chi connectivity index (χ4n) is 3.93. The Balaban J connectivity index is 2.12. The van der Waals surface area contributed by atoms with Crippen molar-refractivity contribution in [3.63, 3.8) is 0 Å². The van der Waals surface area contributed by atoms with Gasteiger partial charge in [0.15, 0.2) is 11.5 Å². The van der Waals surface area contributed by atoms with Crippen molar-refractivity contribution in [2.45, 2.75) is 46.2 Å². The van der Waals surface area contributed by atoms with Crippen molar-refractivity contribution in [2.24, 2.45) is 0 Å². The Morgan fingerprint density at radius 1 is 0.947 bits per heavy atom. The fourth-order valence-corrected chi connectivity index (χ4v) is 4.57. The third kappa shape index (κ3) is 6.92. The molecule has 8 nitrogen and oxygen atoms in total. The summed E-state index contributed by atoms with van der Waals surface area (Å²) in [4.78, 5) is 42.2. The van der Waals surface area contributed by atoms with Crippen LogP contribution >= 0.6 is 11.3 Å². The largest absolute Gasteiger partial charge is 0.493 e. The molecule has 0 saturated carbocycles. The Morgan fingerprint density at radius 3 is 2.24 bits per heavy atom. The van der Waals surface area contributed by atoms with E-state index in [-0.39, 0.29) is 18.4 Å². The lowest BCUT2D eigenvalue weighted by Gasteiger charge is -2.34. The van der Waals surface area contributed by atoms with Gasteiger partial charge in [-0.25, -0.2) is 0 Å². The first kappa shape index (κ1) is 28.7. The van der Waals surface area contributed by atoms with Crippen molar-refractivity contribution < 1.29 is 23.9 Å². The van der Waals surface area contributed by atoms with E-state index in [1.165, 1.54) is 30.5 Å². The zero-order valence-electron chi connectivity index (χ0n) is 22.9. The van der Waals surface area contributed by atoms with Crippen molar-refractivity contribution >= 4 is 34.7 Å². The maximum Gasteiger partial charge on any atom is 0.261 e. The molecule has 9 heteroatoms. The summed E-state index contributed by atoms with van der Waals surface area (Å²) in [6, 6.07) is 13.1. The second-order valence-electron chi connectivity index (χ2n) is 9.95. The van der Waals surface area contributed by atoms with Crippen LogP contribution < -0.4 is 25.0 Å². The topological polar surface area (TPSA) is 97.0 Å². The highest BCUT2D eigenvalue weighted by molar-refractivity contribution is 7.12. The molecule has 0 radical (unpaired) electrons. The molecule has 1 heterocycles. The van der Waals surface area contributed by atoms with Crippen LogP contribution in [-0.2, 0) is 9.59 Å². The standard InChI is InChI=1S/C29H35N3O5S/c1-18-10-12-21(15-19(18)2)32(25(33)17-30-27(34)24-9-8-14-38-24)26(28(35)31-29(3,4)5)20-11-13-22(36-6)23(16-20)37-7/h8-16,26H,17H2,1-7H3,(H,30,34)(H,31,35)/t26-/m1/s1. The van der Waals surface area contributed by atoms with Crippen molar-refractivity contribution in [3.05, 3.63) is 75.5 Å². The Kier molecular flexibility index (Phi) is 9.17. The molecule has 1 atom stereocenters. The number of nitrogens with one attached hydrogen (secondary N) is 2. The summed E-state index contributed by atoms with van der Waals surface area (Å²) in [6.07, 6.45) is 0. The Hall–Kier alpha value is -3.85. The molecule has 2 aromatic carbocycles. The number of aryl methyl sites for hydroxylation is 2. The SMILES string of the molecule is COc1ccc([C@H](C(=O)NC(C)(C)C)N(C(=O)CNC(=O)c2cccs2)c2ccc(C)c(C)c2)cc1OC. The van der Waals surface area contributed by atoms with Gasteiger partial charge in [0.05, 0.1) is 25.6 Å². The fraction of sp³-hybridized carbons (Fsp3) is 0.345. The number of amides is 3. The van der Waals surface area contributed by atoms with Gasteiger partial charge in [-0.3, -0.25) is 19.3 Å². The van der Waals surface area contributed by atoms with Gasteiger partial charge in [-0.1, -0.05) is 18.2 Å². The third-order valence-electron chi connectivity index (χ3n) is 5.91. The molecular weight excluding hydrogens is 502 g/mol. The van der Waals surface area contributed by atoms with Gasteiger partial charge in [0.2, 0.25) is 11.8 Å². The first-order valence-corrected chi connectivity index (χ1v) is 13.1. The van der Waals surface area contributed by atoms with Gasteiger partial charge < -0.3 is 20.1 Å². The molecule has 0 unspecified atom stereocenters. The number of ether oxygens (including phenoxy) is 2. The molecule has 0 spiro atoms. The molecule has 0 fully saturated rings. The summed E-state index contributed by atoms with van der Waals surface area (Å²) in [6.45, 7) is 9.25. The van der Waals surface area contributed by atoms with Crippen molar-refractivity contribution in [1.29, 1.82) is 0 Å². The average molecular weight is 538 g/mol. The van der Waals surface area contributed by atoms with E-state index in [4.69, 9.17) is 9.47 Å². The summed E-state index contributed by atoms with van der Waals surface area (Å²) < 4.78 is 10.9. The van der Waals surface area contributed by atoms with Gasteiger partial charge >= 0.3 is 0 Å². The van der Waals surface area contributed by atoms with Crippen LogP contribution in [0.2, 0.25) is 0 Å². The monoisotopic (exact) mass is 537 g/mol. The van der Waals surface area contributed by atoms with Gasteiger partial charge in [-0.2, -0.15) is 0 Å². The second kappa shape index (κ2) is 12.1. The van der Waals surface area contributed by atoms with E-state index in [0.717, 1.165) is 11.1 Å². The van der Waals surface area contributed by atoms with E-state index in [0.29, 0.717) is 27.6 Å². The van der Waals surface area contributed by atoms with E-state index in [1.54, 1.807) is 41.8 Å². The second-order valence-corrected chi connectivity index (χ2v) is 10.9. The van der Waals surface area contributed by atoms with Crippen LogP contribution in [0.5, 0.6) is 11.5 Å². The van der Waals surface area contributed by atoms with E-state index in [9.17, 15) is 14.4 Å². The van der Waals surface area contributed by atoms with Crippen molar-refractivity contribution in [3.8, 4) is 11.5 Å². The molecule has 0 saturated heterocycles. The van der Waals surface area contributed by atoms with Crippen LogP contribution in [-0.4, -0.2) is 44.0 Å². The van der Waals surface area contributed by atoms with Crippen molar-refractivity contribution in [2.75, 3.05) is 25.7 Å². The predicted molar refractivity (Wildman–Crippen MR) is 150 cm³/mol. The number of carbonyl (C=O) groups excluding carboxylic acids is 3. The molecule has 0 aliphatic carbocycles. The molecule has 0 aliphatic rings. The number of carbonyl (C=O) groups is 3. The predicted octanol–water partition coefficient (Wildman–Crippen LogP) is 4.80. The van der Waals surface area contributed by atoms with Gasteiger partial charge in [-0.05, 0) is 87.0 Å². The van der Waals surface area contributed by atoms with Crippen LogP contribution in [0, 0.1) is 13.8 Å². The lowest BCUT2D eigenvalue weighted by atomic mass is 9.99. The molecule has 2 N–H and O–H groups in total. The minimum absolute atomic E-state index is 0.295. The summed E-state index contributed by atoms with van der Waals surface area (Å²) in [5, 5.41) is 7.50. The molecule has 202 valence electrons. The summed E-state index contributed by atoms with van der Waals surface area (Å²) >= 11 is 1.29. The molecule has 1 aromatic heterocycles. The number of hydrogen-bond acceptors (Lipinski definition) is 6. The highest BCUT2D eigenvalue weighted by Gasteiger charge is 2.35. The molecule has 3 aromatic rings. The molecule has 3 amide bonds. The lowest BCUT2D eigenvalue weighted by Crippen LogP contribution is -2.51. The van der Waals surface area contributed by atoms with Gasteiger partial charge in [0.1, 0.15) is 6.04 Å². The number of anilines is 1. The maximum atomic E-state index is 13.9. The quantitative estimate of drug-likeness (QED) is 0.409. The summed E-state index contributed by atoms with van der Waals surface area (Å²) in [5.74, 6) is -0.242. The number of methoxy groups -OCH3 is 2. The molecule has 0 bridgehead atoms. The van der Waals surface area contributed by atoms with E-state index < -0.39 is 17.5 Å². The Labute approximate surface area is 228 Å². The lowest BCUT2D eigenvalue weighted by molar-refractivity contribution is -0.127. The van der Waals surface area contributed by atoms with Crippen LogP contribution in [0.15, 0.2) is 53.9 Å². The summed E-state index contributed by atoms with van der Waals surface area (Å²) in [7, 11) is 3.04. The zero-order chi connectivity index (χ0) is 28.0. The number of nitrogens with zero attached hydrogens (tertiary/aromatic N) is 1. The van der Waals surface area contributed by atoms with Crippen LogP contribution in [0.25, 0.3) is 0 Å². The number of rotatable bonds is 9. The minimum atomic E-state index is -1.05. The van der Waals surface area contributed by atoms with Crippen molar-refractivity contribution in [1.82, 2.24) is 10.6 Å². The molecular formula is C29H35N3O5S. The van der Waals surface area contributed by atoms with Crippen LogP contribution in [0.1, 0.15) is 53.2 Å². The highest BCUT2D eigenvalue weighted by atomic mass is 32.1. The zero-order valence-corrected chi connectivity index (χ0v) is 23.7. The minimum Gasteiger partial charge on any atom is -0.493 e. The number of thiophene rings is 1. The molecule has 3 rings (SSSR count). The van der Waals surface area contributed by atoms with Crippen LogP contribution in [0.4, 0.5) is 5.69 Å². The Bertz CT molecular complexity index is 1300. The van der Waals surface area contributed by atoms with E-state index in [2.05, 4.69) is 10.6 Å². The highest BCUT2D eigenvalue weighted by Crippen LogP contribution is 2.35. The van der Waals surface area contributed by atoms with E-state index in [1.807, 2.05) is 46.8 Å². The average Bonchev–Trinajstić information content (AvgIpc) is 3.41. The van der Waals surface area contributed by atoms with Gasteiger partial charge in [0, 0.05) is 11.2 Å². The summed E-state index contributed by atoms with van der Waals surface area (Å²) in [5.41, 5.74) is 2.52. The van der Waals surface area contributed by atoms with Crippen LogP contribution in [0.3, 0.4) is 0 Å². The molecule has 0 aliphatic heterocycles. The van der Waals surface area contributed by atoms with Gasteiger partial charge in [0.25, 0.3) is 5.91 Å². The van der Waals surface area contributed by atoms with Gasteiger partial charge in [-0.15, -0.1) is 11.3 Å². The normalized spacial score (nSPS) is 11.9. The first-order chi connectivity index (χ1) is 17.9. The maximum absolute atomic E-state index is 13.9. The smallest absolute Gasteiger partial charge is 0.261 e.